The van der Waals surface area contributed by atoms with E-state index in [2.05, 4.69) is 14.9 Å². The Balaban J connectivity index is 0.00000120. The Kier molecular flexibility index (Phi) is 3.54. The summed E-state index contributed by atoms with van der Waals surface area (Å²) < 4.78 is 0. The third-order valence-corrected chi connectivity index (χ3v) is 3.10. The maximum absolute atomic E-state index is 5.96. The molecule has 0 saturated carbocycles. The van der Waals surface area contributed by atoms with Gasteiger partial charge in [0.15, 0.2) is 11.6 Å². The molecule has 1 aliphatic rings. The topological polar surface area (TPSA) is 81.1 Å². The Morgan fingerprint density at radius 2 is 1.83 bits per heavy atom. The Hall–Kier alpha value is -1.59. The van der Waals surface area contributed by atoms with Crippen LogP contribution in [-0.4, -0.2) is 29.1 Å². The van der Waals surface area contributed by atoms with Crippen LogP contribution in [0.5, 0.6) is 0 Å². The first-order valence-electron chi connectivity index (χ1n) is 5.77. The van der Waals surface area contributed by atoms with Crippen molar-refractivity contribution in [3.8, 4) is 0 Å². The second kappa shape index (κ2) is 4.96. The Bertz CT molecular complexity index is 559. The molecule has 0 bridgehead atoms. The van der Waals surface area contributed by atoms with Crippen LogP contribution in [0.3, 0.4) is 0 Å². The van der Waals surface area contributed by atoms with Gasteiger partial charge in [0.05, 0.1) is 11.0 Å². The van der Waals surface area contributed by atoms with E-state index >= 15 is 0 Å². The van der Waals surface area contributed by atoms with Crippen LogP contribution in [0.15, 0.2) is 24.3 Å². The number of nitrogens with two attached hydrogens (primary N) is 2. The van der Waals surface area contributed by atoms with Gasteiger partial charge in [-0.25, -0.2) is 9.97 Å². The number of nitrogen functional groups attached to an aromatic ring is 1. The van der Waals surface area contributed by atoms with Crippen LogP contribution in [0.1, 0.15) is 6.42 Å². The molecule has 0 amide bonds. The summed E-state index contributed by atoms with van der Waals surface area (Å²) in [5, 5.41) is 0. The predicted octanol–water partition coefficient (Wildman–Crippen LogP) is 1.17. The molecule has 2 aromatic rings. The molecule has 5 nitrogen and oxygen atoms in total. The maximum Gasteiger partial charge on any atom is 0.172 e. The van der Waals surface area contributed by atoms with Crippen molar-refractivity contribution in [2.75, 3.05) is 23.7 Å². The number of halogens is 1. The summed E-state index contributed by atoms with van der Waals surface area (Å²) in [7, 11) is 0. The Morgan fingerprint density at radius 1 is 1.17 bits per heavy atom. The van der Waals surface area contributed by atoms with Crippen LogP contribution in [0.25, 0.3) is 11.0 Å². The van der Waals surface area contributed by atoms with Crippen LogP contribution in [0.2, 0.25) is 0 Å². The number of para-hydroxylation sites is 2. The van der Waals surface area contributed by atoms with E-state index in [9.17, 15) is 0 Å². The van der Waals surface area contributed by atoms with E-state index < -0.39 is 0 Å². The van der Waals surface area contributed by atoms with Crippen molar-refractivity contribution in [3.63, 3.8) is 0 Å². The molecule has 2 heterocycles. The molecule has 1 saturated heterocycles. The summed E-state index contributed by atoms with van der Waals surface area (Å²) >= 11 is 0. The number of benzene rings is 1. The van der Waals surface area contributed by atoms with E-state index in [0.29, 0.717) is 5.82 Å². The lowest BCUT2D eigenvalue weighted by molar-refractivity contribution is 0.751. The first-order chi connectivity index (χ1) is 8.24. The molecule has 1 aromatic carbocycles. The van der Waals surface area contributed by atoms with E-state index in [1.54, 1.807) is 0 Å². The standard InChI is InChI=1S/C12H15N5.ClH/c13-8-5-6-17(7-8)12-11(14)15-9-3-1-2-4-10(9)16-12;/h1-4,8H,5-7,13H2,(H2,14,15);1H. The van der Waals surface area contributed by atoms with Crippen molar-refractivity contribution in [1.29, 1.82) is 0 Å². The number of fused-ring (bicyclic) bond motifs is 1. The highest BCUT2D eigenvalue weighted by atomic mass is 35.5. The molecule has 1 fully saturated rings. The molecule has 1 aliphatic heterocycles. The average Bonchev–Trinajstić information content (AvgIpc) is 2.75. The summed E-state index contributed by atoms with van der Waals surface area (Å²) in [5.41, 5.74) is 13.6. The minimum absolute atomic E-state index is 0. The van der Waals surface area contributed by atoms with Crippen molar-refractivity contribution in [2.24, 2.45) is 5.73 Å². The number of nitrogens with zero attached hydrogens (tertiary/aromatic N) is 3. The van der Waals surface area contributed by atoms with Gasteiger partial charge in [0.1, 0.15) is 0 Å². The van der Waals surface area contributed by atoms with Crippen LogP contribution in [0, 0.1) is 0 Å². The lowest BCUT2D eigenvalue weighted by Gasteiger charge is -2.18. The first-order valence-corrected chi connectivity index (χ1v) is 5.77. The van der Waals surface area contributed by atoms with Crippen LogP contribution in [-0.2, 0) is 0 Å². The van der Waals surface area contributed by atoms with Crippen molar-refractivity contribution in [2.45, 2.75) is 12.5 Å². The van der Waals surface area contributed by atoms with Gasteiger partial charge >= 0.3 is 0 Å². The molecular weight excluding hydrogens is 250 g/mol. The minimum atomic E-state index is 0. The SMILES string of the molecule is Cl.Nc1nc2ccccc2nc1N1CCC(N)C1. The molecule has 6 heteroatoms. The van der Waals surface area contributed by atoms with Gasteiger partial charge in [0.25, 0.3) is 0 Å². The fraction of sp³-hybridized carbons (Fsp3) is 0.333. The molecule has 1 atom stereocenters. The highest BCUT2D eigenvalue weighted by Gasteiger charge is 2.22. The molecule has 1 unspecified atom stereocenters. The second-order valence-corrected chi connectivity index (χ2v) is 4.42. The zero-order valence-corrected chi connectivity index (χ0v) is 10.7. The molecule has 1 aromatic heterocycles. The van der Waals surface area contributed by atoms with Gasteiger partial charge in [0, 0.05) is 19.1 Å². The number of anilines is 2. The zero-order valence-electron chi connectivity index (χ0n) is 9.91. The van der Waals surface area contributed by atoms with E-state index in [-0.39, 0.29) is 18.4 Å². The van der Waals surface area contributed by atoms with Crippen molar-refractivity contribution in [1.82, 2.24) is 9.97 Å². The summed E-state index contributed by atoms with van der Waals surface area (Å²) in [6.45, 7) is 1.70. The number of aromatic nitrogens is 2. The summed E-state index contributed by atoms with van der Waals surface area (Å²) in [6.07, 6.45) is 0.980. The smallest absolute Gasteiger partial charge is 0.172 e. The van der Waals surface area contributed by atoms with Gasteiger partial charge in [-0.15, -0.1) is 12.4 Å². The van der Waals surface area contributed by atoms with Crippen LogP contribution >= 0.6 is 12.4 Å². The lowest BCUT2D eigenvalue weighted by Crippen LogP contribution is -2.27. The van der Waals surface area contributed by atoms with Crippen LogP contribution in [0.4, 0.5) is 11.6 Å². The lowest BCUT2D eigenvalue weighted by atomic mass is 10.3. The van der Waals surface area contributed by atoms with Gasteiger partial charge in [-0.05, 0) is 18.6 Å². The summed E-state index contributed by atoms with van der Waals surface area (Å²) in [5.74, 6) is 1.24. The highest BCUT2D eigenvalue weighted by Crippen LogP contribution is 2.25. The fourth-order valence-corrected chi connectivity index (χ4v) is 2.22. The van der Waals surface area contributed by atoms with Crippen molar-refractivity contribution < 1.29 is 0 Å². The molecule has 3 rings (SSSR count). The maximum atomic E-state index is 5.96. The Morgan fingerprint density at radius 3 is 2.44 bits per heavy atom. The highest BCUT2D eigenvalue weighted by molar-refractivity contribution is 5.85. The molecular formula is C12H16ClN5. The fourth-order valence-electron chi connectivity index (χ4n) is 2.22. The van der Waals surface area contributed by atoms with E-state index in [0.717, 1.165) is 36.4 Å². The molecule has 96 valence electrons. The van der Waals surface area contributed by atoms with E-state index in [4.69, 9.17) is 11.5 Å². The quantitative estimate of drug-likeness (QED) is 0.809. The number of rotatable bonds is 1. The van der Waals surface area contributed by atoms with Gasteiger partial charge in [0.2, 0.25) is 0 Å². The normalized spacial score (nSPS) is 18.9. The third-order valence-electron chi connectivity index (χ3n) is 3.10. The van der Waals surface area contributed by atoms with E-state index in [1.807, 2.05) is 24.3 Å². The van der Waals surface area contributed by atoms with Gasteiger partial charge in [-0.2, -0.15) is 0 Å². The summed E-state index contributed by atoms with van der Waals surface area (Å²) in [6, 6.07) is 7.95. The largest absolute Gasteiger partial charge is 0.381 e. The van der Waals surface area contributed by atoms with Gasteiger partial charge < -0.3 is 16.4 Å². The first kappa shape index (κ1) is 12.9. The second-order valence-electron chi connectivity index (χ2n) is 4.42. The molecule has 0 spiro atoms. The van der Waals surface area contributed by atoms with Crippen molar-refractivity contribution >= 4 is 35.1 Å². The van der Waals surface area contributed by atoms with Gasteiger partial charge in [-0.1, -0.05) is 12.1 Å². The molecule has 0 radical (unpaired) electrons. The minimum Gasteiger partial charge on any atom is -0.381 e. The third kappa shape index (κ3) is 2.19. The number of hydrogen-bond donors (Lipinski definition) is 2. The van der Waals surface area contributed by atoms with Crippen molar-refractivity contribution in [3.05, 3.63) is 24.3 Å². The van der Waals surface area contributed by atoms with Crippen LogP contribution < -0.4 is 16.4 Å². The number of hydrogen-bond acceptors (Lipinski definition) is 5. The predicted molar refractivity (Wildman–Crippen MR) is 76.0 cm³/mol. The monoisotopic (exact) mass is 265 g/mol. The molecule has 18 heavy (non-hydrogen) atoms. The zero-order chi connectivity index (χ0) is 11.8. The molecule has 0 aliphatic carbocycles. The van der Waals surface area contributed by atoms with E-state index in [1.165, 1.54) is 0 Å². The van der Waals surface area contributed by atoms with Gasteiger partial charge in [-0.3, -0.25) is 0 Å². The average molecular weight is 266 g/mol. The summed E-state index contributed by atoms with van der Waals surface area (Å²) in [4.78, 5) is 11.1. The Labute approximate surface area is 112 Å². The molecule has 4 N–H and O–H groups in total.